The van der Waals surface area contributed by atoms with Gasteiger partial charge in [0, 0.05) is 25.2 Å². The first kappa shape index (κ1) is 10.4. The summed E-state index contributed by atoms with van der Waals surface area (Å²) in [6.07, 6.45) is 2.92. The lowest BCUT2D eigenvalue weighted by molar-refractivity contribution is 0.0739. The summed E-state index contributed by atoms with van der Waals surface area (Å²) in [5, 5.41) is 3.53. The molecule has 0 spiro atoms. The highest BCUT2D eigenvalue weighted by Crippen LogP contribution is 2.20. The molecule has 0 aliphatic carbocycles. The molecule has 0 saturated carbocycles. The minimum Gasteiger partial charge on any atom is -0.377 e. The van der Waals surface area contributed by atoms with Gasteiger partial charge in [-0.05, 0) is 39.8 Å². The molecular weight excluding hydrogens is 176 g/mol. The minimum atomic E-state index is 0.431. The van der Waals surface area contributed by atoms with Crippen molar-refractivity contribution in [2.75, 3.05) is 26.2 Å². The highest BCUT2D eigenvalue weighted by atomic mass is 16.5. The maximum absolute atomic E-state index is 5.63. The molecule has 2 heterocycles. The van der Waals surface area contributed by atoms with Gasteiger partial charge in [-0.1, -0.05) is 0 Å². The van der Waals surface area contributed by atoms with Gasteiger partial charge in [-0.15, -0.1) is 0 Å². The summed E-state index contributed by atoms with van der Waals surface area (Å²) in [4.78, 5) is 2.61. The van der Waals surface area contributed by atoms with Crippen LogP contribution >= 0.6 is 0 Å². The summed E-state index contributed by atoms with van der Waals surface area (Å²) < 4.78 is 5.63. The van der Waals surface area contributed by atoms with E-state index in [0.717, 1.165) is 6.61 Å². The molecule has 2 aliphatic heterocycles. The number of hydrogen-bond donors (Lipinski definition) is 1. The first-order valence-electron chi connectivity index (χ1n) is 5.86. The highest BCUT2D eigenvalue weighted by Gasteiger charge is 2.31. The second kappa shape index (κ2) is 4.60. The van der Waals surface area contributed by atoms with Crippen molar-refractivity contribution in [3.8, 4) is 0 Å². The zero-order valence-electron chi connectivity index (χ0n) is 9.33. The molecule has 0 amide bonds. The van der Waals surface area contributed by atoms with Gasteiger partial charge in [0.2, 0.25) is 0 Å². The lowest BCUT2D eigenvalue weighted by Gasteiger charge is -2.30. The van der Waals surface area contributed by atoms with Crippen LogP contribution in [0.4, 0.5) is 0 Å². The van der Waals surface area contributed by atoms with Crippen molar-refractivity contribution < 1.29 is 4.74 Å². The predicted molar refractivity (Wildman–Crippen MR) is 57.5 cm³/mol. The maximum atomic E-state index is 5.63. The van der Waals surface area contributed by atoms with Crippen molar-refractivity contribution in [1.82, 2.24) is 10.2 Å². The molecule has 1 N–H and O–H groups in total. The number of nitrogens with zero attached hydrogens (tertiary/aromatic N) is 1. The van der Waals surface area contributed by atoms with Crippen molar-refractivity contribution in [2.45, 2.75) is 44.9 Å². The van der Waals surface area contributed by atoms with Crippen LogP contribution in [0, 0.1) is 0 Å². The standard InChI is InChI=1S/C11H22N2O/c1-9-8-13(6-3-5-12-9)11-4-7-14-10(11)2/h9-12H,3-8H2,1-2H3. The van der Waals surface area contributed by atoms with Gasteiger partial charge in [0.25, 0.3) is 0 Å². The van der Waals surface area contributed by atoms with Gasteiger partial charge in [-0.25, -0.2) is 0 Å². The van der Waals surface area contributed by atoms with E-state index in [4.69, 9.17) is 4.74 Å². The van der Waals surface area contributed by atoms with E-state index in [9.17, 15) is 0 Å². The van der Waals surface area contributed by atoms with Gasteiger partial charge in [0.05, 0.1) is 6.10 Å². The van der Waals surface area contributed by atoms with E-state index in [1.165, 1.54) is 32.5 Å². The zero-order chi connectivity index (χ0) is 9.97. The van der Waals surface area contributed by atoms with Crippen LogP contribution in [0.3, 0.4) is 0 Å². The molecule has 14 heavy (non-hydrogen) atoms. The van der Waals surface area contributed by atoms with E-state index in [0.29, 0.717) is 18.2 Å². The molecule has 82 valence electrons. The van der Waals surface area contributed by atoms with Crippen molar-refractivity contribution >= 4 is 0 Å². The van der Waals surface area contributed by atoms with Crippen LogP contribution in [0.15, 0.2) is 0 Å². The fourth-order valence-electron chi connectivity index (χ4n) is 2.64. The quantitative estimate of drug-likeness (QED) is 0.676. The molecule has 2 fully saturated rings. The molecule has 3 unspecified atom stereocenters. The lowest BCUT2D eigenvalue weighted by Crippen LogP contribution is -2.44. The Hall–Kier alpha value is -0.120. The average Bonchev–Trinajstić information content (AvgIpc) is 2.45. The summed E-state index contributed by atoms with van der Waals surface area (Å²) in [5.41, 5.74) is 0. The van der Waals surface area contributed by atoms with Crippen molar-refractivity contribution in [2.24, 2.45) is 0 Å². The Bertz CT molecular complexity index is 186. The molecule has 0 bridgehead atoms. The molecule has 2 rings (SSSR count). The molecule has 0 aromatic carbocycles. The predicted octanol–water partition coefficient (Wildman–Crippen LogP) is 0.848. The third kappa shape index (κ3) is 2.27. The van der Waals surface area contributed by atoms with Gasteiger partial charge in [-0.3, -0.25) is 4.90 Å². The largest absolute Gasteiger partial charge is 0.377 e. The normalized spacial score (nSPS) is 41.1. The third-order valence-electron chi connectivity index (χ3n) is 3.43. The summed E-state index contributed by atoms with van der Waals surface area (Å²) in [5.74, 6) is 0. The molecule has 0 aromatic heterocycles. The molecular formula is C11H22N2O. The summed E-state index contributed by atoms with van der Waals surface area (Å²) >= 11 is 0. The van der Waals surface area contributed by atoms with Crippen molar-refractivity contribution in [3.05, 3.63) is 0 Å². The molecule has 0 radical (unpaired) electrons. The first-order chi connectivity index (χ1) is 6.77. The van der Waals surface area contributed by atoms with Crippen molar-refractivity contribution in [1.29, 1.82) is 0 Å². The number of ether oxygens (including phenoxy) is 1. The summed E-state index contributed by atoms with van der Waals surface area (Å²) in [6, 6.07) is 1.29. The minimum absolute atomic E-state index is 0.431. The third-order valence-corrected chi connectivity index (χ3v) is 3.43. The van der Waals surface area contributed by atoms with E-state index in [2.05, 4.69) is 24.1 Å². The van der Waals surface area contributed by atoms with Gasteiger partial charge in [-0.2, -0.15) is 0 Å². The van der Waals surface area contributed by atoms with Crippen LogP contribution in [0.1, 0.15) is 26.7 Å². The van der Waals surface area contributed by atoms with Gasteiger partial charge >= 0.3 is 0 Å². The lowest BCUT2D eigenvalue weighted by atomic mass is 10.1. The molecule has 0 aromatic rings. The maximum Gasteiger partial charge on any atom is 0.0703 e. The smallest absolute Gasteiger partial charge is 0.0703 e. The molecule has 3 nitrogen and oxygen atoms in total. The van der Waals surface area contributed by atoms with Crippen LogP contribution < -0.4 is 5.32 Å². The Balaban J connectivity index is 1.94. The first-order valence-corrected chi connectivity index (χ1v) is 5.86. The highest BCUT2D eigenvalue weighted by molar-refractivity contribution is 4.85. The second-order valence-corrected chi connectivity index (χ2v) is 4.64. The fraction of sp³-hybridized carbons (Fsp3) is 1.00. The van der Waals surface area contributed by atoms with E-state index < -0.39 is 0 Å². The Morgan fingerprint density at radius 2 is 2.21 bits per heavy atom. The van der Waals surface area contributed by atoms with Gasteiger partial charge in [0.1, 0.15) is 0 Å². The number of rotatable bonds is 1. The number of nitrogens with one attached hydrogen (secondary N) is 1. The second-order valence-electron chi connectivity index (χ2n) is 4.64. The monoisotopic (exact) mass is 198 g/mol. The van der Waals surface area contributed by atoms with Gasteiger partial charge < -0.3 is 10.1 Å². The van der Waals surface area contributed by atoms with Gasteiger partial charge in [0.15, 0.2) is 0 Å². The van der Waals surface area contributed by atoms with E-state index in [1.807, 2.05) is 0 Å². The SMILES string of the molecule is CC1CN(C2CCOC2C)CCCN1. The van der Waals surface area contributed by atoms with E-state index in [-0.39, 0.29) is 0 Å². The topological polar surface area (TPSA) is 24.5 Å². The van der Waals surface area contributed by atoms with Crippen molar-refractivity contribution in [3.63, 3.8) is 0 Å². The van der Waals surface area contributed by atoms with Crippen LogP contribution in [-0.2, 0) is 4.74 Å². The van der Waals surface area contributed by atoms with Crippen LogP contribution in [0.5, 0.6) is 0 Å². The zero-order valence-corrected chi connectivity index (χ0v) is 9.33. The molecule has 3 heteroatoms. The summed E-state index contributed by atoms with van der Waals surface area (Å²) in [6.45, 7) is 9.01. The Morgan fingerprint density at radius 3 is 2.93 bits per heavy atom. The fourth-order valence-corrected chi connectivity index (χ4v) is 2.64. The van der Waals surface area contributed by atoms with Crippen LogP contribution in [-0.4, -0.2) is 49.3 Å². The van der Waals surface area contributed by atoms with Crippen LogP contribution in [0.25, 0.3) is 0 Å². The van der Waals surface area contributed by atoms with E-state index in [1.54, 1.807) is 0 Å². The van der Waals surface area contributed by atoms with E-state index >= 15 is 0 Å². The number of hydrogen-bond acceptors (Lipinski definition) is 3. The Kier molecular flexibility index (Phi) is 3.42. The Morgan fingerprint density at radius 1 is 1.36 bits per heavy atom. The average molecular weight is 198 g/mol. The molecule has 3 atom stereocenters. The molecule has 2 aliphatic rings. The summed E-state index contributed by atoms with van der Waals surface area (Å²) in [7, 11) is 0. The Labute approximate surface area is 86.8 Å². The molecule has 2 saturated heterocycles. The van der Waals surface area contributed by atoms with Crippen LogP contribution in [0.2, 0.25) is 0 Å².